The van der Waals surface area contributed by atoms with Crippen LogP contribution in [0.1, 0.15) is 15.9 Å². The van der Waals surface area contributed by atoms with Gasteiger partial charge in [0.2, 0.25) is 0 Å². The Bertz CT molecular complexity index is 1040. The standard InChI is InChI=1S/C22H17ClN2O5/c23-22-18(7-4-12-24-22)25-19(26)13-30-20(27)14-29-17-10-8-16(9-11-17)21(28)15-5-2-1-3-6-15/h1-12H,13-14H2,(H,25,26). The highest BCUT2D eigenvalue weighted by Gasteiger charge is 2.12. The normalized spacial score (nSPS) is 10.2. The molecular formula is C22H17ClN2O5. The van der Waals surface area contributed by atoms with Crippen molar-refractivity contribution in [3.63, 3.8) is 0 Å². The number of anilines is 1. The summed E-state index contributed by atoms with van der Waals surface area (Å²) in [7, 11) is 0. The molecule has 1 heterocycles. The number of hydrogen-bond acceptors (Lipinski definition) is 6. The van der Waals surface area contributed by atoms with Gasteiger partial charge in [-0.3, -0.25) is 9.59 Å². The molecule has 0 radical (unpaired) electrons. The number of carbonyl (C=O) groups is 3. The van der Waals surface area contributed by atoms with Crippen LogP contribution in [0.15, 0.2) is 72.9 Å². The van der Waals surface area contributed by atoms with E-state index in [1.165, 1.54) is 6.20 Å². The Morgan fingerprint density at radius 1 is 0.867 bits per heavy atom. The van der Waals surface area contributed by atoms with E-state index in [-0.39, 0.29) is 17.5 Å². The van der Waals surface area contributed by atoms with E-state index < -0.39 is 18.5 Å². The van der Waals surface area contributed by atoms with Gasteiger partial charge >= 0.3 is 5.97 Å². The number of pyridine rings is 1. The molecule has 3 rings (SSSR count). The van der Waals surface area contributed by atoms with E-state index in [4.69, 9.17) is 21.1 Å². The molecule has 0 spiro atoms. The van der Waals surface area contributed by atoms with Crippen molar-refractivity contribution in [3.8, 4) is 5.75 Å². The molecule has 7 nitrogen and oxygen atoms in total. The van der Waals surface area contributed by atoms with Gasteiger partial charge < -0.3 is 14.8 Å². The fraction of sp³-hybridized carbons (Fsp3) is 0.0909. The molecule has 0 saturated heterocycles. The van der Waals surface area contributed by atoms with Gasteiger partial charge in [0.1, 0.15) is 5.75 Å². The summed E-state index contributed by atoms with van der Waals surface area (Å²) in [6.45, 7) is -0.870. The molecule has 1 N–H and O–H groups in total. The second-order valence-corrected chi connectivity index (χ2v) is 6.42. The Morgan fingerprint density at radius 3 is 2.27 bits per heavy atom. The van der Waals surface area contributed by atoms with Crippen LogP contribution in [0.2, 0.25) is 5.15 Å². The number of halogens is 1. The van der Waals surface area contributed by atoms with Crippen molar-refractivity contribution in [2.24, 2.45) is 0 Å². The molecule has 0 aliphatic carbocycles. The lowest BCUT2D eigenvalue weighted by molar-refractivity contribution is -0.149. The summed E-state index contributed by atoms with van der Waals surface area (Å²) in [6.07, 6.45) is 1.49. The van der Waals surface area contributed by atoms with Gasteiger partial charge in [0.05, 0.1) is 5.69 Å². The second-order valence-electron chi connectivity index (χ2n) is 6.06. The van der Waals surface area contributed by atoms with Gasteiger partial charge in [-0.1, -0.05) is 41.9 Å². The molecule has 1 amide bonds. The number of nitrogens with one attached hydrogen (secondary N) is 1. The SMILES string of the molecule is O=C(COC(=O)COc1ccc(C(=O)c2ccccc2)cc1)Nc1cccnc1Cl. The third-order valence-electron chi connectivity index (χ3n) is 3.91. The Morgan fingerprint density at radius 2 is 1.57 bits per heavy atom. The van der Waals surface area contributed by atoms with Crippen LogP contribution in [0.25, 0.3) is 0 Å². The van der Waals surface area contributed by atoms with Crippen LogP contribution < -0.4 is 10.1 Å². The summed E-state index contributed by atoms with van der Waals surface area (Å²) in [5, 5.41) is 2.62. The number of hydrogen-bond donors (Lipinski definition) is 1. The average molecular weight is 425 g/mol. The van der Waals surface area contributed by atoms with Gasteiger partial charge in [0.15, 0.2) is 24.2 Å². The number of amides is 1. The first-order chi connectivity index (χ1) is 14.5. The Balaban J connectivity index is 1.44. The van der Waals surface area contributed by atoms with Gasteiger partial charge in [-0.2, -0.15) is 0 Å². The van der Waals surface area contributed by atoms with Crippen molar-refractivity contribution >= 4 is 34.9 Å². The first-order valence-electron chi connectivity index (χ1n) is 8.91. The zero-order valence-corrected chi connectivity index (χ0v) is 16.5. The second kappa shape index (κ2) is 10.2. The highest BCUT2D eigenvalue weighted by atomic mass is 35.5. The molecule has 152 valence electrons. The molecule has 0 unspecified atom stereocenters. The summed E-state index contributed by atoms with van der Waals surface area (Å²) in [4.78, 5) is 39.8. The lowest BCUT2D eigenvalue weighted by atomic mass is 10.0. The van der Waals surface area contributed by atoms with Crippen LogP contribution in [0.5, 0.6) is 5.75 Å². The van der Waals surface area contributed by atoms with Crippen LogP contribution in [-0.2, 0) is 14.3 Å². The molecule has 0 fully saturated rings. The summed E-state index contributed by atoms with van der Waals surface area (Å²) in [6, 6.07) is 18.5. The van der Waals surface area contributed by atoms with Crippen LogP contribution in [-0.4, -0.2) is 35.9 Å². The van der Waals surface area contributed by atoms with Gasteiger partial charge in [0.25, 0.3) is 5.91 Å². The van der Waals surface area contributed by atoms with Crippen LogP contribution in [0.4, 0.5) is 5.69 Å². The summed E-state index contributed by atoms with van der Waals surface area (Å²) < 4.78 is 10.2. The third-order valence-corrected chi connectivity index (χ3v) is 4.21. The Hall–Kier alpha value is -3.71. The molecule has 2 aromatic carbocycles. The minimum absolute atomic E-state index is 0.110. The maximum atomic E-state index is 12.4. The summed E-state index contributed by atoms with van der Waals surface area (Å²) >= 11 is 5.84. The molecule has 0 atom stereocenters. The molecule has 1 aromatic heterocycles. The molecule has 0 aliphatic heterocycles. The largest absolute Gasteiger partial charge is 0.482 e. The van der Waals surface area contributed by atoms with Crippen LogP contribution in [0.3, 0.4) is 0 Å². The van der Waals surface area contributed by atoms with Crippen molar-refractivity contribution in [2.45, 2.75) is 0 Å². The van der Waals surface area contributed by atoms with Gasteiger partial charge in [-0.25, -0.2) is 9.78 Å². The maximum Gasteiger partial charge on any atom is 0.344 e. The van der Waals surface area contributed by atoms with Crippen molar-refractivity contribution in [1.29, 1.82) is 0 Å². The van der Waals surface area contributed by atoms with E-state index >= 15 is 0 Å². The van der Waals surface area contributed by atoms with E-state index in [1.54, 1.807) is 60.7 Å². The molecule has 30 heavy (non-hydrogen) atoms. The summed E-state index contributed by atoms with van der Waals surface area (Å²) in [5.41, 5.74) is 1.41. The number of benzene rings is 2. The number of rotatable bonds is 8. The van der Waals surface area contributed by atoms with Crippen molar-refractivity contribution < 1.29 is 23.9 Å². The number of aromatic nitrogens is 1. The number of ether oxygens (including phenoxy) is 2. The van der Waals surface area contributed by atoms with Crippen LogP contribution >= 0.6 is 11.6 Å². The fourth-order valence-corrected chi connectivity index (χ4v) is 2.62. The minimum atomic E-state index is -0.716. The number of esters is 1. The topological polar surface area (TPSA) is 94.6 Å². The lowest BCUT2D eigenvalue weighted by Crippen LogP contribution is -2.23. The molecule has 3 aromatic rings. The first kappa shape index (κ1) is 21.0. The number of carbonyl (C=O) groups excluding carboxylic acids is 3. The van der Waals surface area contributed by atoms with Gasteiger partial charge in [0, 0.05) is 17.3 Å². The lowest BCUT2D eigenvalue weighted by Gasteiger charge is -2.09. The maximum absolute atomic E-state index is 12.4. The van der Waals surface area contributed by atoms with E-state index in [0.29, 0.717) is 22.6 Å². The smallest absolute Gasteiger partial charge is 0.344 e. The van der Waals surface area contributed by atoms with E-state index in [1.807, 2.05) is 6.07 Å². The minimum Gasteiger partial charge on any atom is -0.482 e. The average Bonchev–Trinajstić information content (AvgIpc) is 2.78. The number of ketones is 1. The van der Waals surface area contributed by atoms with Crippen molar-refractivity contribution in [2.75, 3.05) is 18.5 Å². The quantitative estimate of drug-likeness (QED) is 0.338. The molecule has 0 bridgehead atoms. The predicted molar refractivity (Wildman–Crippen MR) is 111 cm³/mol. The first-order valence-corrected chi connectivity index (χ1v) is 9.29. The highest BCUT2D eigenvalue weighted by Crippen LogP contribution is 2.17. The van der Waals surface area contributed by atoms with E-state index in [9.17, 15) is 14.4 Å². The predicted octanol–water partition coefficient (Wildman–Crippen LogP) is 3.53. The monoisotopic (exact) mass is 424 g/mol. The number of nitrogens with zero attached hydrogens (tertiary/aromatic N) is 1. The highest BCUT2D eigenvalue weighted by molar-refractivity contribution is 6.32. The zero-order valence-electron chi connectivity index (χ0n) is 15.7. The fourth-order valence-electron chi connectivity index (χ4n) is 2.45. The third kappa shape index (κ3) is 5.89. The summed E-state index contributed by atoms with van der Waals surface area (Å²) in [5.74, 6) is -0.988. The molecule has 0 saturated carbocycles. The van der Waals surface area contributed by atoms with E-state index in [0.717, 1.165) is 0 Å². The Kier molecular flexibility index (Phi) is 7.13. The van der Waals surface area contributed by atoms with Gasteiger partial charge in [-0.15, -0.1) is 0 Å². The van der Waals surface area contributed by atoms with Crippen LogP contribution in [0, 0.1) is 0 Å². The Labute approximate surface area is 177 Å². The molecule has 0 aliphatic rings. The van der Waals surface area contributed by atoms with E-state index in [2.05, 4.69) is 10.3 Å². The van der Waals surface area contributed by atoms with Gasteiger partial charge in [-0.05, 0) is 36.4 Å². The van der Waals surface area contributed by atoms with Crippen molar-refractivity contribution in [1.82, 2.24) is 4.98 Å². The van der Waals surface area contributed by atoms with Crippen molar-refractivity contribution in [3.05, 3.63) is 89.2 Å². The molecular weight excluding hydrogens is 408 g/mol. The zero-order chi connectivity index (χ0) is 21.3. The molecule has 8 heteroatoms.